The summed E-state index contributed by atoms with van der Waals surface area (Å²) in [5.41, 5.74) is 2.48. The van der Waals surface area contributed by atoms with Crippen LogP contribution in [-0.4, -0.2) is 59.2 Å². The van der Waals surface area contributed by atoms with Crippen molar-refractivity contribution >= 4 is 11.3 Å². The van der Waals surface area contributed by atoms with Crippen molar-refractivity contribution in [3.63, 3.8) is 0 Å². The zero-order valence-corrected chi connectivity index (χ0v) is 13.9. The van der Waals surface area contributed by atoms with Gasteiger partial charge in [-0.2, -0.15) is 0 Å². The molecule has 4 nitrogen and oxygen atoms in total. The SMILES string of the molecule is Cc1ccc(-c2ncc(CN3CCN(CCO)CC3)s2)cc1. The molecule has 5 heteroatoms. The highest BCUT2D eigenvalue weighted by molar-refractivity contribution is 7.15. The van der Waals surface area contributed by atoms with Crippen LogP contribution >= 0.6 is 11.3 Å². The molecule has 1 aromatic carbocycles. The van der Waals surface area contributed by atoms with E-state index in [1.807, 2.05) is 6.20 Å². The number of β-amino-alcohol motifs (C(OH)–C–C–N with tert-alkyl or cyclic N) is 1. The Morgan fingerprint density at radius 3 is 2.45 bits per heavy atom. The van der Waals surface area contributed by atoms with E-state index in [2.05, 4.69) is 46.0 Å². The van der Waals surface area contributed by atoms with Crippen molar-refractivity contribution in [3.8, 4) is 10.6 Å². The zero-order valence-electron chi connectivity index (χ0n) is 13.0. The summed E-state index contributed by atoms with van der Waals surface area (Å²) in [5.74, 6) is 0. The van der Waals surface area contributed by atoms with E-state index in [0.717, 1.165) is 44.3 Å². The number of aryl methyl sites for hydroxylation is 1. The predicted octanol–water partition coefficient (Wildman–Crippen LogP) is 2.23. The second-order valence-electron chi connectivity index (χ2n) is 5.84. The van der Waals surface area contributed by atoms with Gasteiger partial charge in [0.1, 0.15) is 5.01 Å². The molecule has 0 amide bonds. The summed E-state index contributed by atoms with van der Waals surface area (Å²) in [6.45, 7) is 8.37. The number of piperazine rings is 1. The lowest BCUT2D eigenvalue weighted by molar-refractivity contribution is 0.109. The smallest absolute Gasteiger partial charge is 0.123 e. The summed E-state index contributed by atoms with van der Waals surface area (Å²) in [5, 5.41) is 10.1. The zero-order chi connectivity index (χ0) is 15.4. The Balaban J connectivity index is 1.57. The van der Waals surface area contributed by atoms with Crippen LogP contribution in [-0.2, 0) is 6.54 Å². The number of aromatic nitrogens is 1. The normalized spacial score (nSPS) is 17.0. The number of rotatable bonds is 5. The van der Waals surface area contributed by atoms with E-state index in [1.165, 1.54) is 16.0 Å². The summed E-state index contributed by atoms with van der Waals surface area (Å²) >= 11 is 1.79. The molecule has 2 heterocycles. The van der Waals surface area contributed by atoms with E-state index in [4.69, 9.17) is 5.11 Å². The van der Waals surface area contributed by atoms with Gasteiger partial charge in [0, 0.05) is 55.9 Å². The molecule has 1 aliphatic heterocycles. The van der Waals surface area contributed by atoms with Crippen LogP contribution in [0.25, 0.3) is 10.6 Å². The average molecular weight is 317 g/mol. The van der Waals surface area contributed by atoms with Crippen molar-refractivity contribution in [2.45, 2.75) is 13.5 Å². The molecule has 118 valence electrons. The fraction of sp³-hybridized carbons (Fsp3) is 0.471. The molecule has 1 aromatic heterocycles. The summed E-state index contributed by atoms with van der Waals surface area (Å²) in [7, 11) is 0. The highest BCUT2D eigenvalue weighted by Crippen LogP contribution is 2.26. The Bertz CT molecular complexity index is 588. The topological polar surface area (TPSA) is 39.6 Å². The number of benzene rings is 1. The molecular weight excluding hydrogens is 294 g/mol. The molecule has 2 aromatic rings. The maximum atomic E-state index is 8.99. The Morgan fingerprint density at radius 2 is 1.77 bits per heavy atom. The monoisotopic (exact) mass is 317 g/mol. The quantitative estimate of drug-likeness (QED) is 0.918. The van der Waals surface area contributed by atoms with E-state index in [9.17, 15) is 0 Å². The molecule has 0 aliphatic carbocycles. The van der Waals surface area contributed by atoms with E-state index in [0.29, 0.717) is 0 Å². The van der Waals surface area contributed by atoms with E-state index < -0.39 is 0 Å². The molecule has 1 saturated heterocycles. The first-order chi connectivity index (χ1) is 10.7. The molecule has 0 spiro atoms. The van der Waals surface area contributed by atoms with Crippen molar-refractivity contribution < 1.29 is 5.11 Å². The van der Waals surface area contributed by atoms with Gasteiger partial charge in [0.15, 0.2) is 0 Å². The summed E-state index contributed by atoms with van der Waals surface area (Å²) in [4.78, 5) is 10.7. The molecule has 22 heavy (non-hydrogen) atoms. The second kappa shape index (κ2) is 7.33. The van der Waals surface area contributed by atoms with Crippen molar-refractivity contribution in [1.29, 1.82) is 0 Å². The predicted molar refractivity (Wildman–Crippen MR) is 91.1 cm³/mol. The van der Waals surface area contributed by atoms with Crippen LogP contribution in [0.15, 0.2) is 30.5 Å². The van der Waals surface area contributed by atoms with Crippen molar-refractivity contribution in [2.75, 3.05) is 39.3 Å². The van der Waals surface area contributed by atoms with Gasteiger partial charge in [0.2, 0.25) is 0 Å². The minimum atomic E-state index is 0.259. The van der Waals surface area contributed by atoms with Gasteiger partial charge in [-0.3, -0.25) is 9.80 Å². The molecule has 3 rings (SSSR count). The molecule has 0 radical (unpaired) electrons. The fourth-order valence-corrected chi connectivity index (χ4v) is 3.70. The van der Waals surface area contributed by atoms with Crippen LogP contribution in [0.4, 0.5) is 0 Å². The Hall–Kier alpha value is -1.27. The third-order valence-corrected chi connectivity index (χ3v) is 5.14. The van der Waals surface area contributed by atoms with Gasteiger partial charge in [-0.15, -0.1) is 11.3 Å². The Kier molecular flexibility index (Phi) is 5.20. The highest BCUT2D eigenvalue weighted by Gasteiger charge is 2.17. The van der Waals surface area contributed by atoms with Gasteiger partial charge < -0.3 is 5.11 Å². The van der Waals surface area contributed by atoms with Crippen LogP contribution < -0.4 is 0 Å². The first kappa shape index (κ1) is 15.6. The first-order valence-electron chi connectivity index (χ1n) is 7.82. The minimum Gasteiger partial charge on any atom is -0.395 e. The standard InChI is InChI=1S/C17H23N3OS/c1-14-2-4-15(5-3-14)17-18-12-16(22-17)13-20-8-6-19(7-9-20)10-11-21/h2-5,12,21H,6-11,13H2,1H3. The Morgan fingerprint density at radius 1 is 1.09 bits per heavy atom. The third kappa shape index (κ3) is 3.93. The molecule has 1 N–H and O–H groups in total. The van der Waals surface area contributed by atoms with Crippen molar-refractivity contribution in [1.82, 2.24) is 14.8 Å². The van der Waals surface area contributed by atoms with E-state index in [1.54, 1.807) is 11.3 Å². The summed E-state index contributed by atoms with van der Waals surface area (Å²) in [6.07, 6.45) is 2.01. The van der Waals surface area contributed by atoms with E-state index >= 15 is 0 Å². The van der Waals surface area contributed by atoms with E-state index in [-0.39, 0.29) is 6.61 Å². The van der Waals surface area contributed by atoms with Gasteiger partial charge in [-0.05, 0) is 6.92 Å². The molecular formula is C17H23N3OS. The van der Waals surface area contributed by atoms with Gasteiger partial charge in [-0.25, -0.2) is 4.98 Å². The molecule has 0 bridgehead atoms. The largest absolute Gasteiger partial charge is 0.395 e. The molecule has 0 unspecified atom stereocenters. The maximum Gasteiger partial charge on any atom is 0.123 e. The van der Waals surface area contributed by atoms with Crippen LogP contribution in [0.5, 0.6) is 0 Å². The number of thiazole rings is 1. The highest BCUT2D eigenvalue weighted by atomic mass is 32.1. The second-order valence-corrected chi connectivity index (χ2v) is 6.95. The number of hydrogen-bond acceptors (Lipinski definition) is 5. The lowest BCUT2D eigenvalue weighted by atomic mass is 10.2. The van der Waals surface area contributed by atoms with Gasteiger partial charge in [0.25, 0.3) is 0 Å². The molecule has 0 atom stereocenters. The fourth-order valence-electron chi connectivity index (χ4n) is 2.74. The summed E-state index contributed by atoms with van der Waals surface area (Å²) in [6, 6.07) is 8.56. The molecule has 0 saturated carbocycles. The molecule has 1 aliphatic rings. The van der Waals surface area contributed by atoms with Crippen LogP contribution in [0.2, 0.25) is 0 Å². The van der Waals surface area contributed by atoms with Crippen LogP contribution in [0.3, 0.4) is 0 Å². The first-order valence-corrected chi connectivity index (χ1v) is 8.63. The van der Waals surface area contributed by atoms with Crippen molar-refractivity contribution in [2.24, 2.45) is 0 Å². The Labute approximate surface area is 136 Å². The third-order valence-electron chi connectivity index (χ3n) is 4.11. The summed E-state index contributed by atoms with van der Waals surface area (Å²) < 4.78 is 0. The lowest BCUT2D eigenvalue weighted by Crippen LogP contribution is -2.46. The van der Waals surface area contributed by atoms with Crippen LogP contribution in [0.1, 0.15) is 10.4 Å². The van der Waals surface area contributed by atoms with Gasteiger partial charge in [-0.1, -0.05) is 29.8 Å². The van der Waals surface area contributed by atoms with Gasteiger partial charge in [0.05, 0.1) is 6.61 Å². The number of aliphatic hydroxyl groups is 1. The number of nitrogens with zero attached hydrogens (tertiary/aromatic N) is 3. The average Bonchev–Trinajstić information content (AvgIpc) is 2.99. The lowest BCUT2D eigenvalue weighted by Gasteiger charge is -2.33. The van der Waals surface area contributed by atoms with Gasteiger partial charge >= 0.3 is 0 Å². The van der Waals surface area contributed by atoms with Crippen molar-refractivity contribution in [3.05, 3.63) is 40.9 Å². The minimum absolute atomic E-state index is 0.259. The maximum absolute atomic E-state index is 8.99. The van der Waals surface area contributed by atoms with Crippen LogP contribution in [0, 0.1) is 6.92 Å². The number of hydrogen-bond donors (Lipinski definition) is 1. The molecule has 1 fully saturated rings. The number of aliphatic hydroxyl groups excluding tert-OH is 1.